The maximum absolute atomic E-state index is 12.2. The molecule has 0 spiro atoms. The first-order valence-electron chi connectivity index (χ1n) is 7.86. The van der Waals surface area contributed by atoms with Crippen molar-refractivity contribution in [3.63, 3.8) is 0 Å². The third-order valence-corrected chi connectivity index (χ3v) is 3.58. The van der Waals surface area contributed by atoms with Crippen molar-refractivity contribution < 1.29 is 24.2 Å². The number of fused-ring (bicyclic) bond motifs is 1. The molecule has 0 atom stereocenters. The fourth-order valence-corrected chi connectivity index (χ4v) is 2.16. The minimum absolute atomic E-state index is 0.00719. The Balaban J connectivity index is 1.89. The number of hydrogen-bond donors (Lipinski definition) is 1. The quantitative estimate of drug-likeness (QED) is 0.454. The fourth-order valence-electron chi connectivity index (χ4n) is 2.16. The summed E-state index contributed by atoms with van der Waals surface area (Å²) in [4.78, 5) is 23.7. The molecule has 5 heteroatoms. The predicted octanol–water partition coefficient (Wildman–Crippen LogP) is 3.17. The molecule has 5 nitrogen and oxygen atoms in total. The van der Waals surface area contributed by atoms with Gasteiger partial charge >= 0.3 is 11.9 Å². The molecule has 0 bridgehead atoms. The Morgan fingerprint density at radius 2 is 1.60 bits per heavy atom. The van der Waals surface area contributed by atoms with Crippen LogP contribution in [0.2, 0.25) is 0 Å². The zero-order chi connectivity index (χ0) is 18.2. The summed E-state index contributed by atoms with van der Waals surface area (Å²) in [5, 5.41) is 10.5. The summed E-state index contributed by atoms with van der Waals surface area (Å²) >= 11 is 0. The summed E-state index contributed by atoms with van der Waals surface area (Å²) in [6.07, 6.45) is 0.310. The maximum atomic E-state index is 12.2. The molecule has 0 saturated carbocycles. The SMILES string of the molecule is C=C(CCO)C(=O)OCCC(=C)C(=O)Oc1cccc2ccccc12. The predicted molar refractivity (Wildman–Crippen MR) is 95.1 cm³/mol. The van der Waals surface area contributed by atoms with Gasteiger partial charge in [0.05, 0.1) is 6.61 Å². The Hall–Kier alpha value is -2.92. The van der Waals surface area contributed by atoms with Gasteiger partial charge in [0.2, 0.25) is 0 Å². The summed E-state index contributed by atoms with van der Waals surface area (Å²) in [7, 11) is 0. The molecule has 0 aliphatic heterocycles. The summed E-state index contributed by atoms with van der Waals surface area (Å²) in [6, 6.07) is 13.0. The summed E-state index contributed by atoms with van der Waals surface area (Å²) in [6.45, 7) is 7.02. The van der Waals surface area contributed by atoms with Crippen LogP contribution in [0.3, 0.4) is 0 Å². The first-order chi connectivity index (χ1) is 12.0. The first-order valence-corrected chi connectivity index (χ1v) is 7.86. The van der Waals surface area contributed by atoms with Crippen molar-refractivity contribution in [3.8, 4) is 5.75 Å². The fraction of sp³-hybridized carbons (Fsp3) is 0.200. The van der Waals surface area contributed by atoms with Crippen LogP contribution in [-0.2, 0) is 14.3 Å². The van der Waals surface area contributed by atoms with E-state index in [4.69, 9.17) is 14.6 Å². The minimum atomic E-state index is -0.593. The summed E-state index contributed by atoms with van der Waals surface area (Å²) < 4.78 is 10.4. The molecule has 0 heterocycles. The molecule has 130 valence electrons. The van der Waals surface area contributed by atoms with Crippen LogP contribution in [-0.4, -0.2) is 30.3 Å². The highest BCUT2D eigenvalue weighted by Crippen LogP contribution is 2.25. The van der Waals surface area contributed by atoms with Gasteiger partial charge in [0, 0.05) is 36.0 Å². The molecular weight excluding hydrogens is 320 g/mol. The molecule has 0 amide bonds. The van der Waals surface area contributed by atoms with Crippen molar-refractivity contribution in [2.45, 2.75) is 12.8 Å². The number of aliphatic hydroxyl groups is 1. The van der Waals surface area contributed by atoms with E-state index in [1.54, 1.807) is 6.07 Å². The highest BCUT2D eigenvalue weighted by molar-refractivity contribution is 5.94. The molecule has 0 aromatic heterocycles. The number of carbonyl (C=O) groups excluding carboxylic acids is 2. The average Bonchev–Trinajstić information content (AvgIpc) is 2.62. The second-order valence-electron chi connectivity index (χ2n) is 5.43. The van der Waals surface area contributed by atoms with E-state index in [1.807, 2.05) is 36.4 Å². The largest absolute Gasteiger partial charge is 0.462 e. The van der Waals surface area contributed by atoms with Crippen molar-refractivity contribution in [1.29, 1.82) is 0 Å². The second kappa shape index (κ2) is 8.80. The highest BCUT2D eigenvalue weighted by Gasteiger charge is 2.13. The number of esters is 2. The standard InChI is InChI=1S/C20H20O5/c1-14(10-12-21)19(22)24-13-11-15(2)20(23)25-18-9-5-7-16-6-3-4-8-17(16)18/h3-9,21H,1-2,10-13H2. The molecule has 0 radical (unpaired) electrons. The third-order valence-electron chi connectivity index (χ3n) is 3.58. The second-order valence-corrected chi connectivity index (χ2v) is 5.43. The number of ether oxygens (including phenoxy) is 2. The molecule has 0 aliphatic carbocycles. The van der Waals surface area contributed by atoms with E-state index in [9.17, 15) is 9.59 Å². The van der Waals surface area contributed by atoms with E-state index >= 15 is 0 Å². The lowest BCUT2D eigenvalue weighted by Gasteiger charge is -2.10. The van der Waals surface area contributed by atoms with E-state index in [2.05, 4.69) is 13.2 Å². The average molecular weight is 340 g/mol. The van der Waals surface area contributed by atoms with Gasteiger partial charge in [0.1, 0.15) is 5.75 Å². The Labute approximate surface area is 146 Å². The van der Waals surface area contributed by atoms with Crippen LogP contribution in [0.4, 0.5) is 0 Å². The topological polar surface area (TPSA) is 72.8 Å². The molecule has 0 unspecified atom stereocenters. The van der Waals surface area contributed by atoms with Crippen molar-refractivity contribution in [2.24, 2.45) is 0 Å². The van der Waals surface area contributed by atoms with Gasteiger partial charge in [-0.2, -0.15) is 0 Å². The van der Waals surface area contributed by atoms with Crippen molar-refractivity contribution in [3.05, 3.63) is 66.8 Å². The van der Waals surface area contributed by atoms with Gasteiger partial charge in [-0.15, -0.1) is 0 Å². The monoisotopic (exact) mass is 340 g/mol. The third kappa shape index (κ3) is 5.02. The molecule has 0 aliphatic rings. The molecule has 2 rings (SSSR count). The van der Waals surface area contributed by atoms with Crippen LogP contribution >= 0.6 is 0 Å². The number of rotatable bonds is 8. The number of hydrogen-bond acceptors (Lipinski definition) is 5. The van der Waals surface area contributed by atoms with Gasteiger partial charge in [0.25, 0.3) is 0 Å². The van der Waals surface area contributed by atoms with Gasteiger partial charge in [-0.1, -0.05) is 49.6 Å². The lowest BCUT2D eigenvalue weighted by molar-refractivity contribution is -0.140. The van der Waals surface area contributed by atoms with Gasteiger partial charge in [-0.25, -0.2) is 9.59 Å². The molecule has 2 aromatic rings. The van der Waals surface area contributed by atoms with Crippen LogP contribution in [0.25, 0.3) is 10.8 Å². The Kier molecular flexibility index (Phi) is 6.48. The van der Waals surface area contributed by atoms with Gasteiger partial charge in [0.15, 0.2) is 0 Å². The van der Waals surface area contributed by atoms with Crippen LogP contribution < -0.4 is 4.74 Å². The van der Waals surface area contributed by atoms with Crippen molar-refractivity contribution in [2.75, 3.05) is 13.2 Å². The van der Waals surface area contributed by atoms with Crippen molar-refractivity contribution in [1.82, 2.24) is 0 Å². The number of benzene rings is 2. The van der Waals surface area contributed by atoms with E-state index < -0.39 is 11.9 Å². The van der Waals surface area contributed by atoms with E-state index in [-0.39, 0.29) is 37.2 Å². The number of carbonyl (C=O) groups is 2. The Bertz CT molecular complexity index is 801. The molecule has 0 saturated heterocycles. The molecular formula is C20H20O5. The molecule has 25 heavy (non-hydrogen) atoms. The van der Waals surface area contributed by atoms with Crippen LogP contribution in [0.5, 0.6) is 5.75 Å². The lowest BCUT2D eigenvalue weighted by atomic mass is 10.1. The lowest BCUT2D eigenvalue weighted by Crippen LogP contribution is -2.14. The number of aliphatic hydroxyl groups excluding tert-OH is 1. The molecule has 1 N–H and O–H groups in total. The Morgan fingerprint density at radius 1 is 0.920 bits per heavy atom. The van der Waals surface area contributed by atoms with E-state index in [1.165, 1.54) is 0 Å². The van der Waals surface area contributed by atoms with Crippen LogP contribution in [0.15, 0.2) is 66.8 Å². The van der Waals surface area contributed by atoms with Gasteiger partial charge in [-0.3, -0.25) is 0 Å². The van der Waals surface area contributed by atoms with Gasteiger partial charge in [-0.05, 0) is 11.5 Å². The highest BCUT2D eigenvalue weighted by atomic mass is 16.5. The first kappa shape index (κ1) is 18.4. The normalized spacial score (nSPS) is 10.3. The minimum Gasteiger partial charge on any atom is -0.462 e. The van der Waals surface area contributed by atoms with Gasteiger partial charge < -0.3 is 14.6 Å². The smallest absolute Gasteiger partial charge is 0.338 e. The van der Waals surface area contributed by atoms with Crippen LogP contribution in [0, 0.1) is 0 Å². The van der Waals surface area contributed by atoms with E-state index in [0.29, 0.717) is 5.75 Å². The summed E-state index contributed by atoms with van der Waals surface area (Å²) in [5.41, 5.74) is 0.389. The summed E-state index contributed by atoms with van der Waals surface area (Å²) in [5.74, 6) is -0.705. The maximum Gasteiger partial charge on any atom is 0.338 e. The molecule has 2 aromatic carbocycles. The zero-order valence-corrected chi connectivity index (χ0v) is 13.9. The Morgan fingerprint density at radius 3 is 2.36 bits per heavy atom. The van der Waals surface area contributed by atoms with Crippen LogP contribution in [0.1, 0.15) is 12.8 Å². The molecule has 0 fully saturated rings. The van der Waals surface area contributed by atoms with E-state index in [0.717, 1.165) is 10.8 Å². The zero-order valence-electron chi connectivity index (χ0n) is 13.9. The van der Waals surface area contributed by atoms with Crippen molar-refractivity contribution >= 4 is 22.7 Å².